The number of rotatable bonds is 4. The quantitative estimate of drug-likeness (QED) is 0.825. The summed E-state index contributed by atoms with van der Waals surface area (Å²) in [6, 6.07) is 0. The molecule has 2 N–H and O–H groups in total. The number of carbonyl (C=O) groups excluding carboxylic acids is 1. The maximum atomic E-state index is 11.4. The van der Waals surface area contributed by atoms with E-state index in [1.165, 1.54) is 23.8 Å². The van der Waals surface area contributed by atoms with Crippen molar-refractivity contribution in [3.8, 4) is 0 Å². The van der Waals surface area contributed by atoms with Gasteiger partial charge in [0.2, 0.25) is 10.0 Å². The highest BCUT2D eigenvalue weighted by Gasteiger charge is 2.25. The number of esters is 1. The lowest BCUT2D eigenvalue weighted by Gasteiger charge is -2.03. The van der Waals surface area contributed by atoms with Crippen LogP contribution in [-0.4, -0.2) is 21.5 Å². The van der Waals surface area contributed by atoms with Gasteiger partial charge in [-0.15, -0.1) is 11.3 Å². The Morgan fingerprint density at radius 3 is 2.62 bits per heavy atom. The van der Waals surface area contributed by atoms with Gasteiger partial charge in [-0.05, 0) is 6.42 Å². The van der Waals surface area contributed by atoms with Crippen LogP contribution in [0.15, 0.2) is 10.3 Å². The highest BCUT2D eigenvalue weighted by Crippen LogP contribution is 2.28. The van der Waals surface area contributed by atoms with Crippen molar-refractivity contribution in [2.75, 3.05) is 7.11 Å². The van der Waals surface area contributed by atoms with E-state index < -0.39 is 16.0 Å². The van der Waals surface area contributed by atoms with Crippen LogP contribution >= 0.6 is 11.3 Å². The fourth-order valence-corrected chi connectivity index (χ4v) is 3.80. The molecule has 0 unspecified atom stereocenters. The van der Waals surface area contributed by atoms with E-state index in [0.29, 0.717) is 11.3 Å². The second-order valence-corrected chi connectivity index (χ2v) is 5.65. The van der Waals surface area contributed by atoms with Crippen LogP contribution < -0.4 is 5.14 Å². The van der Waals surface area contributed by atoms with Crippen molar-refractivity contribution in [1.29, 1.82) is 0 Å². The summed E-state index contributed by atoms with van der Waals surface area (Å²) in [5, 5.41) is 6.57. The van der Waals surface area contributed by atoms with Gasteiger partial charge in [-0.1, -0.05) is 13.3 Å². The van der Waals surface area contributed by atoms with Gasteiger partial charge in [0, 0.05) is 10.3 Å². The van der Waals surface area contributed by atoms with Crippen molar-refractivity contribution < 1.29 is 17.9 Å². The molecule has 0 saturated heterocycles. The minimum atomic E-state index is -3.89. The zero-order valence-corrected chi connectivity index (χ0v) is 10.7. The molecule has 90 valence electrons. The molecule has 0 aliphatic heterocycles. The Kier molecular flexibility index (Phi) is 4.06. The minimum Gasteiger partial charge on any atom is -0.465 e. The molecule has 1 heterocycles. The average Bonchev–Trinajstić information content (AvgIpc) is 2.60. The second kappa shape index (κ2) is 4.94. The summed E-state index contributed by atoms with van der Waals surface area (Å²) in [6.07, 6.45) is 1.36. The Morgan fingerprint density at radius 1 is 1.56 bits per heavy atom. The molecule has 1 rings (SSSR count). The summed E-state index contributed by atoms with van der Waals surface area (Å²) < 4.78 is 27.3. The summed E-state index contributed by atoms with van der Waals surface area (Å²) in [6.45, 7) is 1.92. The highest BCUT2D eigenvalue weighted by atomic mass is 32.2. The van der Waals surface area contributed by atoms with E-state index in [1.54, 1.807) is 0 Å². The highest BCUT2D eigenvalue weighted by molar-refractivity contribution is 7.89. The van der Waals surface area contributed by atoms with Crippen molar-refractivity contribution in [3.63, 3.8) is 0 Å². The lowest BCUT2D eigenvalue weighted by Crippen LogP contribution is -2.17. The molecule has 0 fully saturated rings. The Bertz CT molecular complexity index is 490. The Labute approximate surface area is 98.3 Å². The lowest BCUT2D eigenvalue weighted by atomic mass is 10.2. The Morgan fingerprint density at radius 2 is 2.19 bits per heavy atom. The van der Waals surface area contributed by atoms with Crippen molar-refractivity contribution >= 4 is 27.3 Å². The largest absolute Gasteiger partial charge is 0.465 e. The predicted octanol–water partition coefficient (Wildman–Crippen LogP) is 1.13. The normalized spacial score (nSPS) is 11.4. The zero-order valence-electron chi connectivity index (χ0n) is 9.02. The molecule has 0 bridgehead atoms. The monoisotopic (exact) mass is 263 g/mol. The molecule has 0 aliphatic carbocycles. The van der Waals surface area contributed by atoms with E-state index >= 15 is 0 Å². The number of methoxy groups -OCH3 is 1. The summed E-state index contributed by atoms with van der Waals surface area (Å²) in [5.41, 5.74) is 0.0263. The topological polar surface area (TPSA) is 86.5 Å². The van der Waals surface area contributed by atoms with E-state index in [-0.39, 0.29) is 10.5 Å². The Hall–Kier alpha value is -0.920. The summed E-state index contributed by atoms with van der Waals surface area (Å²) in [5.74, 6) is -0.678. The van der Waals surface area contributed by atoms with Crippen LogP contribution in [0.1, 0.15) is 28.6 Å². The van der Waals surface area contributed by atoms with Gasteiger partial charge >= 0.3 is 5.97 Å². The van der Waals surface area contributed by atoms with E-state index in [1.807, 2.05) is 6.92 Å². The fraction of sp³-hybridized carbons (Fsp3) is 0.444. The van der Waals surface area contributed by atoms with Crippen LogP contribution in [0.4, 0.5) is 0 Å². The molecular formula is C9H13NO4S2. The molecular weight excluding hydrogens is 250 g/mol. The number of hydrogen-bond donors (Lipinski definition) is 1. The molecule has 0 saturated carbocycles. The van der Waals surface area contributed by atoms with E-state index in [0.717, 1.165) is 6.42 Å². The maximum absolute atomic E-state index is 11.4. The van der Waals surface area contributed by atoms with E-state index in [9.17, 15) is 13.2 Å². The number of aryl methyl sites for hydroxylation is 1. The number of carbonyl (C=O) groups is 1. The summed E-state index contributed by atoms with van der Waals surface area (Å²) in [4.78, 5) is 11.9. The zero-order chi connectivity index (χ0) is 12.3. The van der Waals surface area contributed by atoms with Crippen LogP contribution in [0.5, 0.6) is 0 Å². The number of ether oxygens (including phenoxy) is 1. The molecule has 7 heteroatoms. The average molecular weight is 263 g/mol. The van der Waals surface area contributed by atoms with Crippen LogP contribution in [-0.2, 0) is 21.2 Å². The standard InChI is InChI=1S/C9H13NO4S2/c1-3-4-7-8(16(10,12)13)6(5-15-7)9(11)14-2/h5H,3-4H2,1-2H3,(H2,10,12,13). The van der Waals surface area contributed by atoms with Crippen molar-refractivity contribution in [2.45, 2.75) is 24.7 Å². The van der Waals surface area contributed by atoms with Crippen LogP contribution in [0.2, 0.25) is 0 Å². The van der Waals surface area contributed by atoms with Crippen molar-refractivity contribution in [1.82, 2.24) is 0 Å². The van der Waals surface area contributed by atoms with Crippen molar-refractivity contribution in [2.24, 2.45) is 5.14 Å². The first kappa shape index (κ1) is 13.1. The number of hydrogen-bond acceptors (Lipinski definition) is 5. The first-order chi connectivity index (χ1) is 7.41. The van der Waals surface area contributed by atoms with E-state index in [2.05, 4.69) is 4.74 Å². The molecule has 5 nitrogen and oxygen atoms in total. The van der Waals surface area contributed by atoms with Gasteiger partial charge in [0.1, 0.15) is 4.90 Å². The third-order valence-corrected chi connectivity index (χ3v) is 4.19. The van der Waals surface area contributed by atoms with Crippen LogP contribution in [0.25, 0.3) is 0 Å². The SMILES string of the molecule is CCCc1scc(C(=O)OC)c1S(N)(=O)=O. The third kappa shape index (κ3) is 2.60. The molecule has 0 amide bonds. The van der Waals surface area contributed by atoms with Gasteiger partial charge in [-0.3, -0.25) is 0 Å². The molecule has 0 atom stereocenters. The van der Waals surface area contributed by atoms with Gasteiger partial charge < -0.3 is 4.74 Å². The molecule has 1 aromatic heterocycles. The molecule has 0 aliphatic rings. The molecule has 0 radical (unpaired) electrons. The number of thiophene rings is 1. The smallest absolute Gasteiger partial charge is 0.340 e. The summed E-state index contributed by atoms with van der Waals surface area (Å²) in [7, 11) is -2.69. The number of sulfonamides is 1. The predicted molar refractivity (Wildman–Crippen MR) is 61.0 cm³/mol. The van der Waals surface area contributed by atoms with E-state index in [4.69, 9.17) is 5.14 Å². The first-order valence-corrected chi connectivity index (χ1v) is 7.05. The van der Waals surface area contributed by atoms with Gasteiger partial charge in [-0.2, -0.15) is 0 Å². The fourth-order valence-electron chi connectivity index (χ4n) is 1.35. The molecule has 0 aromatic carbocycles. The minimum absolute atomic E-state index is 0.0263. The Balaban J connectivity index is 3.37. The van der Waals surface area contributed by atoms with Crippen molar-refractivity contribution in [3.05, 3.63) is 15.8 Å². The van der Waals surface area contributed by atoms with Gasteiger partial charge in [0.15, 0.2) is 0 Å². The van der Waals surface area contributed by atoms with Gasteiger partial charge in [0.25, 0.3) is 0 Å². The molecule has 1 aromatic rings. The number of primary sulfonamides is 1. The van der Waals surface area contributed by atoms with Gasteiger partial charge in [0.05, 0.1) is 12.7 Å². The van der Waals surface area contributed by atoms with Crippen LogP contribution in [0, 0.1) is 0 Å². The first-order valence-electron chi connectivity index (χ1n) is 4.63. The third-order valence-electron chi connectivity index (χ3n) is 1.98. The maximum Gasteiger partial charge on any atom is 0.340 e. The molecule has 0 spiro atoms. The number of nitrogens with two attached hydrogens (primary N) is 1. The van der Waals surface area contributed by atoms with Gasteiger partial charge in [-0.25, -0.2) is 18.4 Å². The van der Waals surface area contributed by atoms with Crippen LogP contribution in [0.3, 0.4) is 0 Å². The summed E-state index contributed by atoms with van der Waals surface area (Å²) >= 11 is 1.21. The molecule has 16 heavy (non-hydrogen) atoms. The lowest BCUT2D eigenvalue weighted by molar-refractivity contribution is 0.0597. The second-order valence-electron chi connectivity index (χ2n) is 3.19.